The van der Waals surface area contributed by atoms with E-state index in [1.807, 2.05) is 73.6 Å². The second-order valence-electron chi connectivity index (χ2n) is 7.49. The molecule has 0 atom stereocenters. The van der Waals surface area contributed by atoms with Crippen LogP contribution in [0.2, 0.25) is 0 Å². The van der Waals surface area contributed by atoms with Crippen molar-refractivity contribution in [3.8, 4) is 0 Å². The highest BCUT2D eigenvalue weighted by Crippen LogP contribution is 2.36. The largest absolute Gasteiger partial charge is 0.378 e. The number of hydrogen-bond donors (Lipinski definition) is 0. The molecule has 5 nitrogen and oxygen atoms in total. The van der Waals surface area contributed by atoms with Gasteiger partial charge in [-0.2, -0.15) is 0 Å². The molecule has 28 heavy (non-hydrogen) atoms. The van der Waals surface area contributed by atoms with Crippen molar-refractivity contribution in [1.29, 1.82) is 0 Å². The van der Waals surface area contributed by atoms with Crippen LogP contribution in [-0.4, -0.2) is 43.9 Å². The van der Waals surface area contributed by atoms with Crippen LogP contribution >= 0.6 is 0 Å². The standard InChI is InChI=1S/C23H25N3O2/c1-24(2)18-11-13-19(14-12-18)26-22(27)20(17-9-5-3-6-10-17)21(23(26)28)25-15-7-4-8-16-25/h3,5-6,9-14H,4,7-8,15-16H2,1-2H3. The summed E-state index contributed by atoms with van der Waals surface area (Å²) in [4.78, 5) is 32.2. The van der Waals surface area contributed by atoms with E-state index in [9.17, 15) is 9.59 Å². The Balaban J connectivity index is 1.77. The van der Waals surface area contributed by atoms with Crippen LogP contribution in [0, 0.1) is 0 Å². The minimum Gasteiger partial charge on any atom is -0.378 e. The molecule has 0 spiro atoms. The summed E-state index contributed by atoms with van der Waals surface area (Å²) in [7, 11) is 3.93. The lowest BCUT2D eigenvalue weighted by Gasteiger charge is -2.29. The van der Waals surface area contributed by atoms with Gasteiger partial charge >= 0.3 is 0 Å². The number of amides is 2. The van der Waals surface area contributed by atoms with Crippen molar-refractivity contribution < 1.29 is 9.59 Å². The number of piperidine rings is 1. The Bertz CT molecular complexity index is 911. The van der Waals surface area contributed by atoms with E-state index in [0.29, 0.717) is 17.0 Å². The summed E-state index contributed by atoms with van der Waals surface area (Å²) in [6.07, 6.45) is 3.26. The molecule has 4 rings (SSSR count). The molecule has 1 fully saturated rings. The van der Waals surface area contributed by atoms with E-state index in [-0.39, 0.29) is 11.8 Å². The van der Waals surface area contributed by atoms with Gasteiger partial charge in [-0.15, -0.1) is 0 Å². The van der Waals surface area contributed by atoms with Crippen molar-refractivity contribution >= 4 is 28.8 Å². The molecule has 1 saturated heterocycles. The third-order valence-corrected chi connectivity index (χ3v) is 5.42. The smallest absolute Gasteiger partial charge is 0.282 e. The number of imide groups is 1. The van der Waals surface area contributed by atoms with Gasteiger partial charge in [-0.3, -0.25) is 9.59 Å². The number of benzene rings is 2. The van der Waals surface area contributed by atoms with Crippen LogP contribution in [0.15, 0.2) is 60.3 Å². The van der Waals surface area contributed by atoms with Gasteiger partial charge in [0.2, 0.25) is 0 Å². The van der Waals surface area contributed by atoms with E-state index in [2.05, 4.69) is 4.90 Å². The Morgan fingerprint density at radius 3 is 2.04 bits per heavy atom. The highest BCUT2D eigenvalue weighted by molar-refractivity contribution is 6.45. The lowest BCUT2D eigenvalue weighted by molar-refractivity contribution is -0.120. The van der Waals surface area contributed by atoms with Crippen LogP contribution in [0.3, 0.4) is 0 Å². The summed E-state index contributed by atoms with van der Waals surface area (Å²) in [5.41, 5.74) is 3.50. The van der Waals surface area contributed by atoms with Gasteiger partial charge in [0.25, 0.3) is 11.8 Å². The van der Waals surface area contributed by atoms with Gasteiger partial charge in [-0.25, -0.2) is 4.90 Å². The van der Waals surface area contributed by atoms with Crippen LogP contribution in [0.25, 0.3) is 5.57 Å². The van der Waals surface area contributed by atoms with Crippen LogP contribution in [0.1, 0.15) is 24.8 Å². The number of anilines is 2. The Labute approximate surface area is 165 Å². The molecule has 0 aromatic heterocycles. The average molecular weight is 375 g/mol. The summed E-state index contributed by atoms with van der Waals surface area (Å²) in [6, 6.07) is 17.1. The Kier molecular flexibility index (Phi) is 4.90. The maximum Gasteiger partial charge on any atom is 0.282 e. The van der Waals surface area contributed by atoms with Crippen molar-refractivity contribution in [2.75, 3.05) is 37.0 Å². The minimum atomic E-state index is -0.241. The van der Waals surface area contributed by atoms with E-state index < -0.39 is 0 Å². The number of carbonyl (C=O) groups excluding carboxylic acids is 2. The zero-order valence-electron chi connectivity index (χ0n) is 16.4. The average Bonchev–Trinajstić information content (AvgIpc) is 2.99. The fourth-order valence-corrected chi connectivity index (χ4v) is 3.93. The molecule has 2 heterocycles. The summed E-state index contributed by atoms with van der Waals surface area (Å²) >= 11 is 0. The van der Waals surface area contributed by atoms with Gasteiger partial charge in [0.15, 0.2) is 0 Å². The van der Waals surface area contributed by atoms with E-state index in [0.717, 1.165) is 37.2 Å². The fraction of sp³-hybridized carbons (Fsp3) is 0.304. The quantitative estimate of drug-likeness (QED) is 0.767. The third-order valence-electron chi connectivity index (χ3n) is 5.42. The molecule has 2 aromatic carbocycles. The lowest BCUT2D eigenvalue weighted by Crippen LogP contribution is -2.37. The predicted molar refractivity (Wildman–Crippen MR) is 112 cm³/mol. The highest BCUT2D eigenvalue weighted by Gasteiger charge is 2.42. The molecule has 0 unspecified atom stereocenters. The van der Waals surface area contributed by atoms with Gasteiger partial charge < -0.3 is 9.80 Å². The fourth-order valence-electron chi connectivity index (χ4n) is 3.93. The summed E-state index contributed by atoms with van der Waals surface area (Å²) in [5.74, 6) is -0.460. The van der Waals surface area contributed by atoms with Crippen molar-refractivity contribution in [2.24, 2.45) is 0 Å². The third kappa shape index (κ3) is 3.17. The number of hydrogen-bond acceptors (Lipinski definition) is 4. The molecule has 2 amide bonds. The molecule has 0 saturated carbocycles. The number of nitrogens with zero attached hydrogens (tertiary/aromatic N) is 3. The van der Waals surface area contributed by atoms with Crippen LogP contribution in [0.4, 0.5) is 11.4 Å². The number of carbonyl (C=O) groups is 2. The van der Waals surface area contributed by atoms with Crippen LogP contribution in [-0.2, 0) is 9.59 Å². The van der Waals surface area contributed by atoms with Crippen molar-refractivity contribution in [3.63, 3.8) is 0 Å². The van der Waals surface area contributed by atoms with Gasteiger partial charge in [-0.1, -0.05) is 30.3 Å². The first-order chi connectivity index (χ1) is 13.6. The molecule has 0 aliphatic carbocycles. The topological polar surface area (TPSA) is 43.9 Å². The maximum atomic E-state index is 13.4. The Morgan fingerprint density at radius 2 is 1.43 bits per heavy atom. The maximum absolute atomic E-state index is 13.4. The second kappa shape index (κ2) is 7.50. The summed E-state index contributed by atoms with van der Waals surface area (Å²) in [5, 5.41) is 0. The van der Waals surface area contributed by atoms with Gasteiger partial charge in [-0.05, 0) is 49.1 Å². The van der Waals surface area contributed by atoms with Gasteiger partial charge in [0, 0.05) is 32.9 Å². The van der Waals surface area contributed by atoms with E-state index >= 15 is 0 Å². The Morgan fingerprint density at radius 1 is 0.786 bits per heavy atom. The molecular formula is C23H25N3O2. The van der Waals surface area contributed by atoms with E-state index in [1.54, 1.807) is 0 Å². The summed E-state index contributed by atoms with van der Waals surface area (Å²) < 4.78 is 0. The lowest BCUT2D eigenvalue weighted by atomic mass is 10.0. The van der Waals surface area contributed by atoms with Crippen molar-refractivity contribution in [2.45, 2.75) is 19.3 Å². The monoisotopic (exact) mass is 375 g/mol. The summed E-state index contributed by atoms with van der Waals surface area (Å²) in [6.45, 7) is 1.64. The number of rotatable bonds is 4. The predicted octanol–water partition coefficient (Wildman–Crippen LogP) is 3.52. The normalized spacial score (nSPS) is 17.5. The molecule has 2 aliphatic rings. The van der Waals surface area contributed by atoms with Crippen LogP contribution in [0.5, 0.6) is 0 Å². The number of likely N-dealkylation sites (tertiary alicyclic amines) is 1. The molecule has 5 heteroatoms. The highest BCUT2D eigenvalue weighted by atomic mass is 16.2. The van der Waals surface area contributed by atoms with Gasteiger partial charge in [0.05, 0.1) is 11.3 Å². The first kappa shape index (κ1) is 18.3. The Hall–Kier alpha value is -3.08. The van der Waals surface area contributed by atoms with Crippen LogP contribution < -0.4 is 9.80 Å². The second-order valence-corrected chi connectivity index (χ2v) is 7.49. The van der Waals surface area contributed by atoms with Crippen molar-refractivity contribution in [3.05, 3.63) is 65.9 Å². The molecule has 0 bridgehead atoms. The zero-order chi connectivity index (χ0) is 19.7. The molecule has 0 N–H and O–H groups in total. The molecule has 144 valence electrons. The molecule has 2 aliphatic heterocycles. The van der Waals surface area contributed by atoms with Crippen molar-refractivity contribution in [1.82, 2.24) is 4.90 Å². The minimum absolute atomic E-state index is 0.219. The van der Waals surface area contributed by atoms with Gasteiger partial charge in [0.1, 0.15) is 5.70 Å². The van der Waals surface area contributed by atoms with E-state index in [1.165, 1.54) is 11.3 Å². The molecule has 2 aromatic rings. The molecular weight excluding hydrogens is 350 g/mol. The first-order valence-electron chi connectivity index (χ1n) is 9.79. The zero-order valence-corrected chi connectivity index (χ0v) is 16.4. The molecule has 0 radical (unpaired) electrons. The van der Waals surface area contributed by atoms with E-state index in [4.69, 9.17) is 0 Å². The SMILES string of the molecule is CN(C)c1ccc(N2C(=O)C(c3ccccc3)=C(N3CCCCC3)C2=O)cc1. The first-order valence-corrected chi connectivity index (χ1v) is 9.79.